The van der Waals surface area contributed by atoms with Crippen molar-refractivity contribution in [1.29, 1.82) is 0 Å². The predicted molar refractivity (Wildman–Crippen MR) is 58.5 cm³/mol. The third-order valence-electron chi connectivity index (χ3n) is 2.30. The van der Waals surface area contributed by atoms with Crippen molar-refractivity contribution in [3.8, 4) is 0 Å². The monoisotopic (exact) mass is 225 g/mol. The Morgan fingerprint density at radius 1 is 1.25 bits per heavy atom. The van der Waals surface area contributed by atoms with Crippen molar-refractivity contribution >= 4 is 6.21 Å². The Morgan fingerprint density at radius 3 is 2.56 bits per heavy atom. The third-order valence-corrected chi connectivity index (χ3v) is 2.30. The highest BCUT2D eigenvalue weighted by Gasteiger charge is 2.19. The first kappa shape index (κ1) is 12.6. The molecule has 0 aromatic heterocycles. The van der Waals surface area contributed by atoms with E-state index in [1.165, 1.54) is 6.21 Å². The lowest BCUT2D eigenvalue weighted by Crippen LogP contribution is -2.20. The third kappa shape index (κ3) is 3.03. The molecule has 88 valence electrons. The molecule has 16 heavy (non-hydrogen) atoms. The quantitative estimate of drug-likeness (QED) is 0.329. The van der Waals surface area contributed by atoms with Crippen LogP contribution < -0.4 is 0 Å². The summed E-state index contributed by atoms with van der Waals surface area (Å²) < 4.78 is 0. The minimum absolute atomic E-state index is 0.0891. The molecule has 0 radical (unpaired) electrons. The number of hydrogen-bond acceptors (Lipinski definition) is 5. The Kier molecular flexibility index (Phi) is 4.91. The number of benzene rings is 1. The average Bonchev–Trinajstić information content (AvgIpc) is 2.29. The molecule has 0 aliphatic heterocycles. The number of hydrogen-bond donors (Lipinski definition) is 4. The van der Waals surface area contributed by atoms with Gasteiger partial charge < -0.3 is 20.5 Å². The van der Waals surface area contributed by atoms with Crippen LogP contribution in [-0.4, -0.2) is 39.5 Å². The van der Waals surface area contributed by atoms with Crippen LogP contribution in [0.3, 0.4) is 0 Å². The molecular formula is C11H15NO4. The van der Waals surface area contributed by atoms with E-state index < -0.39 is 12.2 Å². The smallest absolute Gasteiger partial charge is 0.106 e. The van der Waals surface area contributed by atoms with E-state index in [1.807, 2.05) is 0 Å². The highest BCUT2D eigenvalue weighted by Crippen LogP contribution is 2.21. The van der Waals surface area contributed by atoms with Gasteiger partial charge in [-0.1, -0.05) is 29.4 Å². The first-order valence-electron chi connectivity index (χ1n) is 4.94. The standard InChI is InChI=1S/C11H15NO4/c13-6-5-10(14)11(15)9-4-2-1-3-8(9)7-12-16/h1-4,7,10-11,13-16H,5-6H2. The Labute approximate surface area is 93.3 Å². The molecule has 5 heteroatoms. The molecule has 0 saturated carbocycles. The Morgan fingerprint density at radius 2 is 1.94 bits per heavy atom. The molecule has 0 bridgehead atoms. The summed E-state index contributed by atoms with van der Waals surface area (Å²) in [6, 6.07) is 6.72. The summed E-state index contributed by atoms with van der Waals surface area (Å²) in [5, 5.41) is 39.4. The van der Waals surface area contributed by atoms with E-state index >= 15 is 0 Å². The normalized spacial score (nSPS) is 15.2. The van der Waals surface area contributed by atoms with E-state index in [2.05, 4.69) is 5.16 Å². The Balaban J connectivity index is 2.93. The zero-order valence-electron chi connectivity index (χ0n) is 8.69. The molecule has 0 amide bonds. The summed E-state index contributed by atoms with van der Waals surface area (Å²) in [5.74, 6) is 0. The zero-order valence-corrected chi connectivity index (χ0v) is 8.69. The molecule has 1 aromatic carbocycles. The van der Waals surface area contributed by atoms with Gasteiger partial charge in [0.15, 0.2) is 0 Å². The van der Waals surface area contributed by atoms with Crippen molar-refractivity contribution in [2.24, 2.45) is 5.16 Å². The first-order chi connectivity index (χ1) is 7.70. The van der Waals surface area contributed by atoms with Crippen molar-refractivity contribution in [3.05, 3.63) is 35.4 Å². The van der Waals surface area contributed by atoms with Gasteiger partial charge in [-0.05, 0) is 12.0 Å². The number of rotatable bonds is 5. The predicted octanol–water partition coefficient (Wildman–Crippen LogP) is 0.271. The Hall–Kier alpha value is -1.43. The lowest BCUT2D eigenvalue weighted by Gasteiger charge is -2.18. The van der Waals surface area contributed by atoms with Crippen LogP contribution in [0.5, 0.6) is 0 Å². The second-order valence-corrected chi connectivity index (χ2v) is 3.40. The number of aliphatic hydroxyl groups is 3. The maximum Gasteiger partial charge on any atom is 0.106 e. The molecule has 0 fully saturated rings. The molecule has 0 saturated heterocycles. The highest BCUT2D eigenvalue weighted by molar-refractivity contribution is 5.81. The van der Waals surface area contributed by atoms with Crippen LogP contribution in [-0.2, 0) is 0 Å². The molecule has 5 nitrogen and oxygen atoms in total. The molecule has 0 aliphatic carbocycles. The molecular weight excluding hydrogens is 210 g/mol. The van der Waals surface area contributed by atoms with Gasteiger partial charge in [-0.3, -0.25) is 0 Å². The van der Waals surface area contributed by atoms with Gasteiger partial charge in [0.05, 0.1) is 12.3 Å². The summed E-state index contributed by atoms with van der Waals surface area (Å²) in [7, 11) is 0. The number of nitrogens with zero attached hydrogens (tertiary/aromatic N) is 1. The minimum atomic E-state index is -1.11. The molecule has 4 N–H and O–H groups in total. The topological polar surface area (TPSA) is 93.3 Å². The minimum Gasteiger partial charge on any atom is -0.411 e. The van der Waals surface area contributed by atoms with Crippen molar-refractivity contribution in [3.63, 3.8) is 0 Å². The lowest BCUT2D eigenvalue weighted by molar-refractivity contribution is 0.00414. The fraction of sp³-hybridized carbons (Fsp3) is 0.364. The van der Waals surface area contributed by atoms with Gasteiger partial charge in [0.2, 0.25) is 0 Å². The SMILES string of the molecule is OCCC(O)C(O)c1ccccc1C=NO. The van der Waals surface area contributed by atoms with Gasteiger partial charge in [-0.15, -0.1) is 0 Å². The molecule has 0 heterocycles. The van der Waals surface area contributed by atoms with Crippen molar-refractivity contribution in [2.45, 2.75) is 18.6 Å². The van der Waals surface area contributed by atoms with Gasteiger partial charge in [-0.2, -0.15) is 0 Å². The summed E-state index contributed by atoms with van der Waals surface area (Å²) in [6.07, 6.45) is -0.879. The second kappa shape index (κ2) is 6.22. The van der Waals surface area contributed by atoms with Gasteiger partial charge in [0, 0.05) is 12.2 Å². The summed E-state index contributed by atoms with van der Waals surface area (Å²) in [6.45, 7) is -0.200. The van der Waals surface area contributed by atoms with Crippen molar-refractivity contribution < 1.29 is 20.5 Å². The van der Waals surface area contributed by atoms with Crippen LogP contribution in [0.2, 0.25) is 0 Å². The maximum absolute atomic E-state index is 9.82. The van der Waals surface area contributed by atoms with Crippen LogP contribution in [0.15, 0.2) is 29.4 Å². The number of aliphatic hydroxyl groups excluding tert-OH is 3. The van der Waals surface area contributed by atoms with Crippen LogP contribution in [0.25, 0.3) is 0 Å². The van der Waals surface area contributed by atoms with E-state index in [0.29, 0.717) is 11.1 Å². The van der Waals surface area contributed by atoms with Crippen LogP contribution >= 0.6 is 0 Å². The molecule has 2 unspecified atom stereocenters. The lowest BCUT2D eigenvalue weighted by atomic mass is 9.98. The maximum atomic E-state index is 9.82. The van der Waals surface area contributed by atoms with E-state index in [0.717, 1.165) is 0 Å². The van der Waals surface area contributed by atoms with E-state index in [9.17, 15) is 10.2 Å². The van der Waals surface area contributed by atoms with Crippen molar-refractivity contribution in [2.75, 3.05) is 6.61 Å². The number of oxime groups is 1. The molecule has 1 aromatic rings. The Bertz CT molecular complexity index is 354. The summed E-state index contributed by atoms with van der Waals surface area (Å²) in [5.41, 5.74) is 0.982. The van der Waals surface area contributed by atoms with Crippen LogP contribution in [0, 0.1) is 0 Å². The summed E-state index contributed by atoms with van der Waals surface area (Å²) in [4.78, 5) is 0. The van der Waals surface area contributed by atoms with Gasteiger partial charge in [0.1, 0.15) is 6.10 Å². The van der Waals surface area contributed by atoms with E-state index in [-0.39, 0.29) is 13.0 Å². The highest BCUT2D eigenvalue weighted by atomic mass is 16.4. The van der Waals surface area contributed by atoms with Crippen LogP contribution in [0.1, 0.15) is 23.7 Å². The van der Waals surface area contributed by atoms with E-state index in [1.54, 1.807) is 24.3 Å². The zero-order chi connectivity index (χ0) is 12.0. The fourth-order valence-corrected chi connectivity index (χ4v) is 1.46. The summed E-state index contributed by atoms with van der Waals surface area (Å²) >= 11 is 0. The molecule has 0 aliphatic rings. The van der Waals surface area contributed by atoms with Crippen LogP contribution in [0.4, 0.5) is 0 Å². The second-order valence-electron chi connectivity index (χ2n) is 3.40. The molecule has 1 rings (SSSR count). The van der Waals surface area contributed by atoms with Gasteiger partial charge in [-0.25, -0.2) is 0 Å². The van der Waals surface area contributed by atoms with Gasteiger partial charge in [0.25, 0.3) is 0 Å². The van der Waals surface area contributed by atoms with Crippen molar-refractivity contribution in [1.82, 2.24) is 0 Å². The first-order valence-corrected chi connectivity index (χ1v) is 4.94. The average molecular weight is 225 g/mol. The fourth-order valence-electron chi connectivity index (χ4n) is 1.46. The van der Waals surface area contributed by atoms with E-state index in [4.69, 9.17) is 10.3 Å². The largest absolute Gasteiger partial charge is 0.411 e. The molecule has 2 atom stereocenters. The van der Waals surface area contributed by atoms with Gasteiger partial charge >= 0.3 is 0 Å². The molecule has 0 spiro atoms.